The van der Waals surface area contributed by atoms with Crippen LogP contribution >= 0.6 is 0 Å². The number of amides is 1. The Bertz CT molecular complexity index is 416. The van der Waals surface area contributed by atoms with Gasteiger partial charge in [-0.2, -0.15) is 0 Å². The fourth-order valence-corrected chi connectivity index (χ4v) is 1.22. The molecular weight excluding hydrogens is 208 g/mol. The van der Waals surface area contributed by atoms with Gasteiger partial charge < -0.3 is 10.1 Å². The minimum absolute atomic E-state index is 0.153. The number of esters is 1. The second-order valence-corrected chi connectivity index (χ2v) is 3.21. The highest BCUT2D eigenvalue weighted by atomic mass is 16.5. The van der Waals surface area contributed by atoms with Gasteiger partial charge in [-0.15, -0.1) is 0 Å². The number of aryl methyl sites for hydroxylation is 1. The quantitative estimate of drug-likeness (QED) is 0.772. The van der Waals surface area contributed by atoms with E-state index in [1.807, 2.05) is 0 Å². The second-order valence-electron chi connectivity index (χ2n) is 3.21. The second kappa shape index (κ2) is 5.25. The van der Waals surface area contributed by atoms with E-state index in [9.17, 15) is 9.59 Å². The third-order valence-electron chi connectivity index (χ3n) is 1.91. The average Bonchev–Trinajstić information content (AvgIpc) is 2.27. The van der Waals surface area contributed by atoms with Gasteiger partial charge in [-0.3, -0.25) is 4.79 Å². The first kappa shape index (κ1) is 12.2. The predicted octanol–water partition coefficient (Wildman–Crippen LogP) is 0.926. The van der Waals surface area contributed by atoms with Crippen molar-refractivity contribution in [1.29, 1.82) is 0 Å². The lowest BCUT2D eigenvalue weighted by Gasteiger charge is -2.05. The number of hydrogen-bond donors (Lipinski definition) is 1. The summed E-state index contributed by atoms with van der Waals surface area (Å²) in [6.45, 7) is 3.79. The highest BCUT2D eigenvalue weighted by Gasteiger charge is 2.13. The molecule has 0 radical (unpaired) electrons. The first-order chi connectivity index (χ1) is 7.58. The molecule has 0 saturated heterocycles. The highest BCUT2D eigenvalue weighted by Crippen LogP contribution is 2.06. The molecule has 1 rings (SSSR count). The van der Waals surface area contributed by atoms with E-state index in [0.717, 1.165) is 5.56 Å². The maximum absolute atomic E-state index is 11.4. The average molecular weight is 222 g/mol. The molecule has 1 aromatic rings. The first-order valence-corrected chi connectivity index (χ1v) is 4.96. The molecule has 0 unspecified atom stereocenters. The maximum Gasteiger partial charge on any atom is 0.356 e. The van der Waals surface area contributed by atoms with Crippen molar-refractivity contribution < 1.29 is 14.3 Å². The SMILES string of the molecule is CCOC(=O)c1cc(C)cc(C(=O)NC)n1. The Hall–Kier alpha value is -1.91. The summed E-state index contributed by atoms with van der Waals surface area (Å²) >= 11 is 0. The summed E-state index contributed by atoms with van der Waals surface area (Å²) in [4.78, 5) is 26.8. The van der Waals surface area contributed by atoms with Crippen LogP contribution in [0.5, 0.6) is 0 Å². The molecule has 0 aliphatic heterocycles. The van der Waals surface area contributed by atoms with Gasteiger partial charge in [0, 0.05) is 7.05 Å². The number of ether oxygens (including phenoxy) is 1. The van der Waals surface area contributed by atoms with Gasteiger partial charge in [-0.05, 0) is 31.5 Å². The number of aromatic nitrogens is 1. The number of hydrogen-bond acceptors (Lipinski definition) is 4. The van der Waals surface area contributed by atoms with Gasteiger partial charge >= 0.3 is 5.97 Å². The molecule has 16 heavy (non-hydrogen) atoms. The summed E-state index contributed by atoms with van der Waals surface area (Å²) in [5, 5.41) is 2.45. The minimum Gasteiger partial charge on any atom is -0.461 e. The van der Waals surface area contributed by atoms with E-state index in [1.54, 1.807) is 26.0 Å². The van der Waals surface area contributed by atoms with Crippen molar-refractivity contribution in [1.82, 2.24) is 10.3 Å². The van der Waals surface area contributed by atoms with Crippen LogP contribution in [0.4, 0.5) is 0 Å². The van der Waals surface area contributed by atoms with Crippen molar-refractivity contribution in [2.24, 2.45) is 0 Å². The zero-order valence-corrected chi connectivity index (χ0v) is 9.53. The van der Waals surface area contributed by atoms with Crippen LogP contribution in [0.2, 0.25) is 0 Å². The van der Waals surface area contributed by atoms with Gasteiger partial charge in [0.05, 0.1) is 6.61 Å². The topological polar surface area (TPSA) is 68.3 Å². The van der Waals surface area contributed by atoms with Crippen LogP contribution in [0.1, 0.15) is 33.5 Å². The van der Waals surface area contributed by atoms with E-state index in [-0.39, 0.29) is 23.9 Å². The van der Waals surface area contributed by atoms with E-state index in [1.165, 1.54) is 7.05 Å². The first-order valence-electron chi connectivity index (χ1n) is 4.96. The van der Waals surface area contributed by atoms with Crippen molar-refractivity contribution in [3.05, 3.63) is 29.1 Å². The predicted molar refractivity (Wildman–Crippen MR) is 58.3 cm³/mol. The van der Waals surface area contributed by atoms with Gasteiger partial charge in [0.2, 0.25) is 0 Å². The molecule has 1 amide bonds. The third kappa shape index (κ3) is 2.79. The largest absolute Gasteiger partial charge is 0.461 e. The van der Waals surface area contributed by atoms with Crippen molar-refractivity contribution in [3.63, 3.8) is 0 Å². The number of nitrogens with zero attached hydrogens (tertiary/aromatic N) is 1. The standard InChI is InChI=1S/C11H14N2O3/c1-4-16-11(15)9-6-7(2)5-8(13-9)10(14)12-3/h5-6H,4H2,1-3H3,(H,12,14). The number of rotatable bonds is 3. The molecule has 0 atom stereocenters. The third-order valence-corrected chi connectivity index (χ3v) is 1.91. The molecule has 1 aromatic heterocycles. The van der Waals surface area contributed by atoms with Gasteiger partial charge in [0.1, 0.15) is 11.4 Å². The van der Waals surface area contributed by atoms with E-state index in [4.69, 9.17) is 4.74 Å². The van der Waals surface area contributed by atoms with Gasteiger partial charge in [-0.1, -0.05) is 0 Å². The Morgan fingerprint density at radius 3 is 2.56 bits per heavy atom. The molecule has 0 aromatic carbocycles. The lowest BCUT2D eigenvalue weighted by Crippen LogP contribution is -2.21. The fraction of sp³-hybridized carbons (Fsp3) is 0.364. The van der Waals surface area contributed by atoms with Crippen LogP contribution < -0.4 is 5.32 Å². The van der Waals surface area contributed by atoms with Gasteiger partial charge in [0.15, 0.2) is 0 Å². The highest BCUT2D eigenvalue weighted by molar-refractivity contribution is 5.94. The van der Waals surface area contributed by atoms with Gasteiger partial charge in [-0.25, -0.2) is 9.78 Å². The number of nitrogens with one attached hydrogen (secondary N) is 1. The Kier molecular flexibility index (Phi) is 3.99. The maximum atomic E-state index is 11.4. The molecule has 1 heterocycles. The van der Waals surface area contributed by atoms with Crippen LogP contribution in [-0.2, 0) is 4.74 Å². The minimum atomic E-state index is -0.517. The molecule has 0 aliphatic rings. The molecular formula is C11H14N2O3. The van der Waals surface area contributed by atoms with E-state index in [2.05, 4.69) is 10.3 Å². The summed E-state index contributed by atoms with van der Waals surface area (Å²) < 4.78 is 4.82. The van der Waals surface area contributed by atoms with Crippen LogP contribution in [0.3, 0.4) is 0 Å². The molecule has 0 spiro atoms. The number of pyridine rings is 1. The molecule has 0 bridgehead atoms. The van der Waals surface area contributed by atoms with E-state index < -0.39 is 5.97 Å². The molecule has 5 heteroatoms. The summed E-state index contributed by atoms with van der Waals surface area (Å²) in [6.07, 6.45) is 0. The molecule has 1 N–H and O–H groups in total. The summed E-state index contributed by atoms with van der Waals surface area (Å²) in [6, 6.07) is 3.20. The van der Waals surface area contributed by atoms with E-state index in [0.29, 0.717) is 0 Å². The van der Waals surface area contributed by atoms with Crippen molar-refractivity contribution in [3.8, 4) is 0 Å². The van der Waals surface area contributed by atoms with Crippen molar-refractivity contribution in [2.75, 3.05) is 13.7 Å². The summed E-state index contributed by atoms with van der Waals surface area (Å²) in [5.74, 6) is -0.842. The van der Waals surface area contributed by atoms with Crippen molar-refractivity contribution in [2.45, 2.75) is 13.8 Å². The van der Waals surface area contributed by atoms with Crippen LogP contribution in [-0.4, -0.2) is 30.5 Å². The smallest absolute Gasteiger partial charge is 0.356 e. The van der Waals surface area contributed by atoms with E-state index >= 15 is 0 Å². The Morgan fingerprint density at radius 1 is 1.38 bits per heavy atom. The lowest BCUT2D eigenvalue weighted by atomic mass is 10.2. The Morgan fingerprint density at radius 2 is 2.00 bits per heavy atom. The Labute approximate surface area is 93.8 Å². The molecule has 0 fully saturated rings. The lowest BCUT2D eigenvalue weighted by molar-refractivity contribution is 0.0519. The van der Waals surface area contributed by atoms with Crippen LogP contribution in [0.15, 0.2) is 12.1 Å². The monoisotopic (exact) mass is 222 g/mol. The molecule has 0 saturated carbocycles. The normalized spacial score (nSPS) is 9.69. The summed E-state index contributed by atoms with van der Waals surface area (Å²) in [7, 11) is 1.51. The number of carbonyl (C=O) groups excluding carboxylic acids is 2. The van der Waals surface area contributed by atoms with Crippen LogP contribution in [0, 0.1) is 6.92 Å². The zero-order chi connectivity index (χ0) is 12.1. The number of carbonyl (C=O) groups is 2. The zero-order valence-electron chi connectivity index (χ0n) is 9.53. The summed E-state index contributed by atoms with van der Waals surface area (Å²) in [5.41, 5.74) is 1.16. The van der Waals surface area contributed by atoms with Gasteiger partial charge in [0.25, 0.3) is 5.91 Å². The fourth-order valence-electron chi connectivity index (χ4n) is 1.22. The van der Waals surface area contributed by atoms with Crippen LogP contribution in [0.25, 0.3) is 0 Å². The molecule has 0 aliphatic carbocycles. The molecule has 86 valence electrons. The Balaban J connectivity index is 3.07. The molecule has 5 nitrogen and oxygen atoms in total. The van der Waals surface area contributed by atoms with Crippen molar-refractivity contribution >= 4 is 11.9 Å².